The third-order valence-electron chi connectivity index (χ3n) is 6.34. The molecule has 0 aromatic heterocycles. The van der Waals surface area contributed by atoms with E-state index in [1.165, 1.54) is 4.90 Å². The number of hydrogen-bond acceptors (Lipinski definition) is 6. The van der Waals surface area contributed by atoms with Crippen LogP contribution in [0.15, 0.2) is 28.7 Å². The number of carbonyl (C=O) groups excluding carboxylic acids is 5. The lowest BCUT2D eigenvalue weighted by atomic mass is 9.81. The molecule has 31 heavy (non-hydrogen) atoms. The Balaban J connectivity index is 1.17. The summed E-state index contributed by atoms with van der Waals surface area (Å²) in [6.07, 6.45) is 2.77. The molecule has 1 aromatic carbocycles. The second kappa shape index (κ2) is 8.78. The zero-order chi connectivity index (χ0) is 22.1. The molecule has 0 radical (unpaired) electrons. The van der Waals surface area contributed by atoms with Gasteiger partial charge in [-0.05, 0) is 55.4 Å². The van der Waals surface area contributed by atoms with Crippen LogP contribution < -0.4 is 10.9 Å². The fraction of sp³-hybridized carbons (Fsp3) is 0.476. The Kier molecular flexibility index (Phi) is 6.08. The summed E-state index contributed by atoms with van der Waals surface area (Å²) in [6.45, 7) is -0.623. The molecule has 9 nitrogen and oxygen atoms in total. The number of nitrogens with one attached hydrogen (secondary N) is 2. The highest BCUT2D eigenvalue weighted by molar-refractivity contribution is 9.10. The van der Waals surface area contributed by atoms with Crippen molar-refractivity contribution >= 4 is 45.5 Å². The monoisotopic (exact) mass is 491 g/mol. The van der Waals surface area contributed by atoms with Gasteiger partial charge in [0, 0.05) is 16.6 Å². The second-order valence-electron chi connectivity index (χ2n) is 8.13. The maximum Gasteiger partial charge on any atom is 0.308 e. The molecule has 4 atom stereocenters. The van der Waals surface area contributed by atoms with Gasteiger partial charge in [-0.15, -0.1) is 0 Å². The molecule has 1 heterocycles. The molecule has 1 aliphatic heterocycles. The summed E-state index contributed by atoms with van der Waals surface area (Å²) in [7, 11) is 0. The Morgan fingerprint density at radius 3 is 2.23 bits per heavy atom. The Morgan fingerprint density at radius 2 is 1.61 bits per heavy atom. The van der Waals surface area contributed by atoms with Crippen LogP contribution >= 0.6 is 15.9 Å². The minimum atomic E-state index is -0.710. The number of ether oxygens (including phenoxy) is 1. The molecule has 164 valence electrons. The Morgan fingerprint density at radius 1 is 1.00 bits per heavy atom. The summed E-state index contributed by atoms with van der Waals surface area (Å²) in [6, 6.07) is 6.52. The van der Waals surface area contributed by atoms with E-state index in [1.54, 1.807) is 24.3 Å². The van der Waals surface area contributed by atoms with E-state index in [4.69, 9.17) is 4.74 Å². The zero-order valence-corrected chi connectivity index (χ0v) is 18.2. The van der Waals surface area contributed by atoms with Gasteiger partial charge in [-0.2, -0.15) is 0 Å². The third-order valence-corrected chi connectivity index (χ3v) is 6.87. The predicted octanol–water partition coefficient (Wildman–Crippen LogP) is 1.17. The standard InChI is InChI=1S/C21H22BrN3O6/c22-14-5-3-11(4-6-14)19(28)24-23-15(26)10-31-16(27)7-8-25-20(29)17-12-1-2-13(9-12)18(17)21(25)30/h3-6,12-13,17-18H,1-2,7-10H2,(H,23,26)(H,24,28)/t12-,13-,17+,18+/m0/s1. The summed E-state index contributed by atoms with van der Waals surface area (Å²) in [5, 5.41) is 0. The van der Waals surface area contributed by atoms with E-state index in [1.807, 2.05) is 0 Å². The molecule has 2 saturated carbocycles. The van der Waals surface area contributed by atoms with Crippen LogP contribution in [0, 0.1) is 23.7 Å². The van der Waals surface area contributed by atoms with E-state index in [2.05, 4.69) is 26.8 Å². The molecule has 3 aliphatic rings. The normalized spacial score (nSPS) is 26.0. The molecular weight excluding hydrogens is 470 g/mol. The highest BCUT2D eigenvalue weighted by Crippen LogP contribution is 2.56. The first kappa shape index (κ1) is 21.5. The lowest BCUT2D eigenvalue weighted by Crippen LogP contribution is -2.43. The molecule has 2 aliphatic carbocycles. The second-order valence-corrected chi connectivity index (χ2v) is 9.05. The Bertz CT molecular complexity index is 906. The number of fused-ring (bicyclic) bond motifs is 5. The van der Waals surface area contributed by atoms with E-state index in [-0.39, 0.29) is 36.6 Å². The molecule has 1 aromatic rings. The van der Waals surface area contributed by atoms with Gasteiger partial charge < -0.3 is 4.74 Å². The quantitative estimate of drug-likeness (QED) is 0.350. The number of hydrogen-bond donors (Lipinski definition) is 2. The number of rotatable bonds is 6. The lowest BCUT2D eigenvalue weighted by molar-refractivity contribution is -0.150. The van der Waals surface area contributed by atoms with Crippen LogP contribution in [0.2, 0.25) is 0 Å². The number of carbonyl (C=O) groups is 5. The van der Waals surface area contributed by atoms with Crippen molar-refractivity contribution in [3.8, 4) is 0 Å². The van der Waals surface area contributed by atoms with Crippen LogP contribution in [0.3, 0.4) is 0 Å². The maximum atomic E-state index is 12.6. The molecule has 1 saturated heterocycles. The van der Waals surface area contributed by atoms with E-state index >= 15 is 0 Å². The Labute approximate surface area is 187 Å². The molecule has 0 unspecified atom stereocenters. The van der Waals surface area contributed by atoms with Gasteiger partial charge in [0.05, 0.1) is 18.3 Å². The Hall–Kier alpha value is -2.75. The van der Waals surface area contributed by atoms with Gasteiger partial charge >= 0.3 is 5.97 Å². The van der Waals surface area contributed by atoms with Crippen molar-refractivity contribution < 1.29 is 28.7 Å². The van der Waals surface area contributed by atoms with Crippen molar-refractivity contribution in [1.82, 2.24) is 15.8 Å². The van der Waals surface area contributed by atoms with Crippen molar-refractivity contribution in [3.05, 3.63) is 34.3 Å². The number of benzene rings is 1. The van der Waals surface area contributed by atoms with E-state index in [0.717, 1.165) is 23.7 Å². The van der Waals surface area contributed by atoms with Gasteiger partial charge in [0.15, 0.2) is 6.61 Å². The van der Waals surface area contributed by atoms with Crippen molar-refractivity contribution in [2.45, 2.75) is 25.7 Å². The van der Waals surface area contributed by atoms with Crippen molar-refractivity contribution in [2.24, 2.45) is 23.7 Å². The number of esters is 1. The molecule has 4 amide bonds. The third kappa shape index (κ3) is 4.34. The van der Waals surface area contributed by atoms with Gasteiger partial charge in [0.25, 0.3) is 11.8 Å². The van der Waals surface area contributed by atoms with Crippen LogP contribution in [-0.4, -0.2) is 47.6 Å². The number of nitrogens with zero attached hydrogens (tertiary/aromatic N) is 1. The van der Waals surface area contributed by atoms with Gasteiger partial charge in [0.2, 0.25) is 11.8 Å². The SMILES string of the molecule is O=C(COC(=O)CCN1C(=O)[C@@H]2[C@H]3CC[C@@H](C3)[C@H]2C1=O)NNC(=O)c1ccc(Br)cc1. The first-order valence-electron chi connectivity index (χ1n) is 10.2. The van der Waals surface area contributed by atoms with Crippen molar-refractivity contribution in [3.63, 3.8) is 0 Å². The largest absolute Gasteiger partial charge is 0.455 e. The fourth-order valence-electron chi connectivity index (χ4n) is 4.95. The molecule has 0 spiro atoms. The number of amides is 4. The molecule has 10 heteroatoms. The highest BCUT2D eigenvalue weighted by Gasteiger charge is 2.60. The molecule has 2 bridgehead atoms. The number of halogens is 1. The summed E-state index contributed by atoms with van der Waals surface area (Å²) in [5.41, 5.74) is 4.73. The molecule has 4 rings (SSSR count). The van der Waals surface area contributed by atoms with Crippen molar-refractivity contribution in [1.29, 1.82) is 0 Å². The van der Waals surface area contributed by atoms with E-state index in [0.29, 0.717) is 17.4 Å². The maximum absolute atomic E-state index is 12.6. The smallest absolute Gasteiger partial charge is 0.308 e. The predicted molar refractivity (Wildman–Crippen MR) is 110 cm³/mol. The van der Waals surface area contributed by atoms with Gasteiger partial charge in [0.1, 0.15) is 0 Å². The first-order chi connectivity index (χ1) is 14.8. The summed E-state index contributed by atoms with van der Waals surface area (Å²) in [4.78, 5) is 62.0. The van der Waals surface area contributed by atoms with Crippen LogP contribution in [0.4, 0.5) is 0 Å². The van der Waals surface area contributed by atoms with Gasteiger partial charge in [-0.25, -0.2) is 0 Å². The average molecular weight is 492 g/mol. The number of imide groups is 1. The summed E-state index contributed by atoms with van der Waals surface area (Å²) in [5.74, 6) is -2.14. The van der Waals surface area contributed by atoms with E-state index < -0.39 is 24.4 Å². The summed E-state index contributed by atoms with van der Waals surface area (Å²) < 4.78 is 5.69. The van der Waals surface area contributed by atoms with Crippen LogP contribution in [-0.2, 0) is 23.9 Å². The highest BCUT2D eigenvalue weighted by atomic mass is 79.9. The number of likely N-dealkylation sites (tertiary alicyclic amines) is 1. The zero-order valence-electron chi connectivity index (χ0n) is 16.6. The first-order valence-corrected chi connectivity index (χ1v) is 11.0. The fourth-order valence-corrected chi connectivity index (χ4v) is 5.21. The minimum Gasteiger partial charge on any atom is -0.455 e. The lowest BCUT2D eigenvalue weighted by Gasteiger charge is -2.19. The molecule has 3 fully saturated rings. The minimum absolute atomic E-state index is 0.0368. The molecular formula is C21H22BrN3O6. The van der Waals surface area contributed by atoms with Crippen LogP contribution in [0.25, 0.3) is 0 Å². The van der Waals surface area contributed by atoms with E-state index in [9.17, 15) is 24.0 Å². The average Bonchev–Trinajstić information content (AvgIpc) is 3.44. The van der Waals surface area contributed by atoms with Crippen LogP contribution in [0.5, 0.6) is 0 Å². The van der Waals surface area contributed by atoms with Gasteiger partial charge in [-0.1, -0.05) is 15.9 Å². The van der Waals surface area contributed by atoms with Crippen LogP contribution in [0.1, 0.15) is 36.0 Å². The molecule has 2 N–H and O–H groups in total. The number of hydrazine groups is 1. The summed E-state index contributed by atoms with van der Waals surface area (Å²) >= 11 is 3.26. The van der Waals surface area contributed by atoms with Crippen molar-refractivity contribution in [2.75, 3.05) is 13.2 Å². The topological polar surface area (TPSA) is 122 Å². The van der Waals surface area contributed by atoms with Gasteiger partial charge in [-0.3, -0.25) is 39.7 Å².